The summed E-state index contributed by atoms with van der Waals surface area (Å²) in [5, 5.41) is 4.35. The molecule has 4 nitrogen and oxygen atoms in total. The lowest BCUT2D eigenvalue weighted by atomic mass is 9.79. The van der Waals surface area contributed by atoms with Gasteiger partial charge in [0.15, 0.2) is 0 Å². The first-order valence-electron chi connectivity index (χ1n) is 7.67. The summed E-state index contributed by atoms with van der Waals surface area (Å²) in [6, 6.07) is 5.87. The zero-order chi connectivity index (χ0) is 15.0. The molecule has 2 aromatic rings. The Morgan fingerprint density at radius 2 is 2.23 bits per heavy atom. The summed E-state index contributed by atoms with van der Waals surface area (Å²) in [4.78, 5) is 21.0. The highest BCUT2D eigenvalue weighted by Gasteiger charge is 2.48. The minimum Gasteiger partial charge on any atom is -0.338 e. The molecule has 0 unspecified atom stereocenters. The molecule has 1 spiro atoms. The third-order valence-electron chi connectivity index (χ3n) is 4.74. The van der Waals surface area contributed by atoms with Gasteiger partial charge in [-0.15, -0.1) is 0 Å². The van der Waals surface area contributed by atoms with Crippen molar-refractivity contribution in [2.45, 2.75) is 13.0 Å². The maximum Gasteiger partial charge on any atom is 0.255 e. The molecule has 5 heteroatoms. The first-order chi connectivity index (χ1) is 10.7. The van der Waals surface area contributed by atoms with Gasteiger partial charge in [0.25, 0.3) is 5.91 Å². The topological polar surface area (TPSA) is 36.4 Å². The van der Waals surface area contributed by atoms with Crippen molar-refractivity contribution in [1.29, 1.82) is 0 Å². The molecule has 2 aliphatic rings. The standard InChI is InChI=1S/C17H19N3OS/c21-16(15-2-1-5-18-8-15)20-6-4-17(13-20)11-19(12-17)9-14-3-7-22-10-14/h1-3,5,7-8,10H,4,6,9,11-13H2. The maximum atomic E-state index is 12.5. The Kier molecular flexibility index (Phi) is 3.47. The Morgan fingerprint density at radius 3 is 2.95 bits per heavy atom. The number of amides is 1. The average molecular weight is 313 g/mol. The number of hydrogen-bond donors (Lipinski definition) is 0. The van der Waals surface area contributed by atoms with Crippen molar-refractivity contribution in [3.8, 4) is 0 Å². The Balaban J connectivity index is 1.35. The highest BCUT2D eigenvalue weighted by Crippen LogP contribution is 2.40. The largest absolute Gasteiger partial charge is 0.338 e. The van der Waals surface area contributed by atoms with E-state index in [-0.39, 0.29) is 5.91 Å². The van der Waals surface area contributed by atoms with E-state index in [1.54, 1.807) is 23.7 Å². The molecule has 2 aliphatic heterocycles. The highest BCUT2D eigenvalue weighted by atomic mass is 32.1. The summed E-state index contributed by atoms with van der Waals surface area (Å²) in [6.07, 6.45) is 4.49. The van der Waals surface area contributed by atoms with Crippen LogP contribution in [0.5, 0.6) is 0 Å². The Bertz CT molecular complexity index is 650. The Labute approximate surface area is 134 Å². The van der Waals surface area contributed by atoms with E-state index in [2.05, 4.69) is 26.7 Å². The van der Waals surface area contributed by atoms with Crippen LogP contribution < -0.4 is 0 Å². The van der Waals surface area contributed by atoms with Crippen molar-refractivity contribution in [3.63, 3.8) is 0 Å². The van der Waals surface area contributed by atoms with Crippen LogP contribution in [0.4, 0.5) is 0 Å². The number of rotatable bonds is 3. The van der Waals surface area contributed by atoms with Crippen molar-refractivity contribution in [3.05, 3.63) is 52.5 Å². The molecule has 114 valence electrons. The fraction of sp³-hybridized carbons (Fsp3) is 0.412. The van der Waals surface area contributed by atoms with Gasteiger partial charge in [0.05, 0.1) is 5.56 Å². The molecule has 2 aromatic heterocycles. The molecule has 22 heavy (non-hydrogen) atoms. The molecule has 4 heterocycles. The molecule has 0 aromatic carbocycles. The van der Waals surface area contributed by atoms with Crippen molar-refractivity contribution >= 4 is 17.2 Å². The van der Waals surface area contributed by atoms with Crippen LogP contribution in [-0.2, 0) is 6.54 Å². The van der Waals surface area contributed by atoms with Crippen molar-refractivity contribution < 1.29 is 4.79 Å². The molecule has 0 bridgehead atoms. The Hall–Kier alpha value is -1.72. The van der Waals surface area contributed by atoms with Crippen molar-refractivity contribution in [1.82, 2.24) is 14.8 Å². The number of aromatic nitrogens is 1. The molecule has 0 radical (unpaired) electrons. The minimum absolute atomic E-state index is 0.126. The van der Waals surface area contributed by atoms with Crippen LogP contribution in [0.2, 0.25) is 0 Å². The third-order valence-corrected chi connectivity index (χ3v) is 5.47. The second-order valence-electron chi connectivity index (χ2n) is 6.50. The molecular weight excluding hydrogens is 294 g/mol. The molecular formula is C17H19N3OS. The lowest BCUT2D eigenvalue weighted by Crippen LogP contribution is -2.57. The van der Waals surface area contributed by atoms with Gasteiger partial charge in [-0.1, -0.05) is 0 Å². The molecule has 1 amide bonds. The first kappa shape index (κ1) is 13.9. The number of nitrogens with zero attached hydrogens (tertiary/aromatic N) is 3. The smallest absolute Gasteiger partial charge is 0.255 e. The third kappa shape index (κ3) is 2.55. The number of thiophene rings is 1. The molecule has 0 saturated carbocycles. The summed E-state index contributed by atoms with van der Waals surface area (Å²) >= 11 is 1.76. The normalized spacial score (nSPS) is 20.3. The zero-order valence-electron chi connectivity index (χ0n) is 12.4. The lowest BCUT2D eigenvalue weighted by Gasteiger charge is -2.48. The van der Waals surface area contributed by atoms with Gasteiger partial charge >= 0.3 is 0 Å². The molecule has 0 aliphatic carbocycles. The monoisotopic (exact) mass is 313 g/mol. The molecule has 0 N–H and O–H groups in total. The van der Waals surface area contributed by atoms with Gasteiger partial charge in [0, 0.05) is 50.5 Å². The summed E-state index contributed by atoms with van der Waals surface area (Å²) in [7, 11) is 0. The SMILES string of the molecule is O=C(c1cccnc1)N1CCC2(CN(Cc3ccsc3)C2)C1. The quantitative estimate of drug-likeness (QED) is 0.873. The van der Waals surface area contributed by atoms with E-state index in [0.29, 0.717) is 11.0 Å². The number of carbonyl (C=O) groups is 1. The highest BCUT2D eigenvalue weighted by molar-refractivity contribution is 7.07. The van der Waals surface area contributed by atoms with Gasteiger partial charge in [0.2, 0.25) is 0 Å². The minimum atomic E-state index is 0.126. The summed E-state index contributed by atoms with van der Waals surface area (Å²) < 4.78 is 0. The fourth-order valence-corrected chi connectivity index (χ4v) is 4.35. The maximum absolute atomic E-state index is 12.5. The van der Waals surface area contributed by atoms with E-state index in [1.165, 1.54) is 5.56 Å². The molecule has 4 rings (SSSR count). The fourth-order valence-electron chi connectivity index (χ4n) is 3.69. The van der Waals surface area contributed by atoms with E-state index in [0.717, 1.165) is 39.1 Å². The number of hydrogen-bond acceptors (Lipinski definition) is 4. The average Bonchev–Trinajstić information content (AvgIpc) is 3.17. The van der Waals surface area contributed by atoms with Crippen LogP contribution in [0.25, 0.3) is 0 Å². The zero-order valence-corrected chi connectivity index (χ0v) is 13.3. The van der Waals surface area contributed by atoms with Crippen molar-refractivity contribution in [2.75, 3.05) is 26.2 Å². The van der Waals surface area contributed by atoms with Gasteiger partial charge in [0.1, 0.15) is 0 Å². The van der Waals surface area contributed by atoms with Crippen LogP contribution in [0.1, 0.15) is 22.3 Å². The van der Waals surface area contributed by atoms with Gasteiger partial charge in [-0.25, -0.2) is 0 Å². The van der Waals surface area contributed by atoms with Gasteiger partial charge in [-0.05, 0) is 40.9 Å². The van der Waals surface area contributed by atoms with E-state index >= 15 is 0 Å². The van der Waals surface area contributed by atoms with Crippen molar-refractivity contribution in [2.24, 2.45) is 5.41 Å². The van der Waals surface area contributed by atoms with Crippen LogP contribution >= 0.6 is 11.3 Å². The summed E-state index contributed by atoms with van der Waals surface area (Å²) in [5.74, 6) is 0.126. The van der Waals surface area contributed by atoms with Crippen LogP contribution in [0, 0.1) is 5.41 Å². The van der Waals surface area contributed by atoms with E-state index in [1.807, 2.05) is 17.0 Å². The van der Waals surface area contributed by atoms with E-state index in [9.17, 15) is 4.79 Å². The number of likely N-dealkylation sites (tertiary alicyclic amines) is 2. The van der Waals surface area contributed by atoms with Crippen LogP contribution in [0.3, 0.4) is 0 Å². The number of pyridine rings is 1. The Morgan fingerprint density at radius 1 is 1.32 bits per heavy atom. The van der Waals surface area contributed by atoms with Crippen LogP contribution in [-0.4, -0.2) is 46.9 Å². The van der Waals surface area contributed by atoms with Gasteiger partial charge in [-0.3, -0.25) is 14.7 Å². The summed E-state index contributed by atoms with van der Waals surface area (Å²) in [5.41, 5.74) is 2.43. The molecule has 2 fully saturated rings. The second kappa shape index (κ2) is 5.48. The first-order valence-corrected chi connectivity index (χ1v) is 8.61. The predicted molar refractivity (Wildman–Crippen MR) is 86.8 cm³/mol. The molecule has 0 atom stereocenters. The van der Waals surface area contributed by atoms with Gasteiger partial charge in [-0.2, -0.15) is 11.3 Å². The predicted octanol–water partition coefficient (Wildman–Crippen LogP) is 2.49. The molecule has 2 saturated heterocycles. The number of carbonyl (C=O) groups excluding carboxylic acids is 1. The van der Waals surface area contributed by atoms with E-state index in [4.69, 9.17) is 0 Å². The second-order valence-corrected chi connectivity index (χ2v) is 7.28. The van der Waals surface area contributed by atoms with Gasteiger partial charge < -0.3 is 4.90 Å². The summed E-state index contributed by atoms with van der Waals surface area (Å²) in [6.45, 7) is 5.03. The van der Waals surface area contributed by atoms with Crippen LogP contribution in [0.15, 0.2) is 41.4 Å². The van der Waals surface area contributed by atoms with E-state index < -0.39 is 0 Å². The lowest BCUT2D eigenvalue weighted by molar-refractivity contribution is 0.00268.